The Morgan fingerprint density at radius 2 is 2.06 bits per heavy atom. The van der Waals surface area contributed by atoms with Crippen LogP contribution in [0, 0.1) is 0 Å². The van der Waals surface area contributed by atoms with Crippen LogP contribution >= 0.6 is 0 Å². The molecule has 0 aliphatic carbocycles. The molecule has 0 radical (unpaired) electrons. The number of aromatic nitrogens is 2. The Hall–Kier alpha value is -2.38. The number of nitrogens with zero attached hydrogens (tertiary/aromatic N) is 1. The predicted molar refractivity (Wildman–Crippen MR) is 58.7 cm³/mol. The molecular weight excluding hydrogens is 242 g/mol. The Bertz CT molecular complexity index is 429. The first-order chi connectivity index (χ1) is 8.49. The first-order valence-corrected chi connectivity index (χ1v) is 5.20. The zero-order chi connectivity index (χ0) is 13.5. The lowest BCUT2D eigenvalue weighted by atomic mass is 10.1. The fourth-order valence-corrected chi connectivity index (χ4v) is 1.30. The molecular formula is C10H13N3O5. The summed E-state index contributed by atoms with van der Waals surface area (Å²) in [6.45, 7) is 0. The molecule has 1 rings (SSSR count). The number of carboxylic acids is 2. The van der Waals surface area contributed by atoms with Crippen molar-refractivity contribution >= 4 is 17.8 Å². The number of hydrogen-bond acceptors (Lipinski definition) is 4. The van der Waals surface area contributed by atoms with Gasteiger partial charge in [-0.25, -0.2) is 9.78 Å². The molecule has 0 bridgehead atoms. The molecule has 1 unspecified atom stereocenters. The van der Waals surface area contributed by atoms with E-state index in [4.69, 9.17) is 10.2 Å². The van der Waals surface area contributed by atoms with E-state index in [0.29, 0.717) is 5.69 Å². The van der Waals surface area contributed by atoms with E-state index in [2.05, 4.69) is 15.3 Å². The van der Waals surface area contributed by atoms with Crippen molar-refractivity contribution in [1.29, 1.82) is 0 Å². The van der Waals surface area contributed by atoms with E-state index in [1.54, 1.807) is 0 Å². The minimum atomic E-state index is -1.19. The number of hydrogen-bond donors (Lipinski definition) is 4. The molecule has 0 spiro atoms. The maximum absolute atomic E-state index is 11.3. The standard InChI is InChI=1S/C10H13N3O5/c14-8(1-2-9(15)16)13-7(10(17)18)3-6-4-11-5-12-6/h4-5,7H,1-3H2,(H,11,12)(H,13,14)(H,15,16)(H,17,18). The van der Waals surface area contributed by atoms with Crippen molar-refractivity contribution in [2.24, 2.45) is 0 Å². The molecule has 8 nitrogen and oxygen atoms in total. The van der Waals surface area contributed by atoms with E-state index in [0.717, 1.165) is 0 Å². The monoisotopic (exact) mass is 255 g/mol. The summed E-state index contributed by atoms with van der Waals surface area (Å²) < 4.78 is 0. The third-order valence-corrected chi connectivity index (χ3v) is 2.17. The fraction of sp³-hybridized carbons (Fsp3) is 0.400. The largest absolute Gasteiger partial charge is 0.481 e. The van der Waals surface area contributed by atoms with Crippen molar-refractivity contribution in [3.05, 3.63) is 18.2 Å². The third kappa shape index (κ3) is 4.64. The summed E-state index contributed by atoms with van der Waals surface area (Å²) in [5.74, 6) is -2.91. The minimum absolute atomic E-state index is 0.0393. The van der Waals surface area contributed by atoms with Gasteiger partial charge in [-0.1, -0.05) is 0 Å². The Morgan fingerprint density at radius 1 is 1.33 bits per heavy atom. The van der Waals surface area contributed by atoms with Gasteiger partial charge in [-0.05, 0) is 0 Å². The number of aliphatic carboxylic acids is 2. The highest BCUT2D eigenvalue weighted by Gasteiger charge is 2.21. The summed E-state index contributed by atoms with van der Waals surface area (Å²) in [5.41, 5.74) is 0.501. The SMILES string of the molecule is O=C(O)CCC(=O)NC(Cc1c[nH]cn1)C(=O)O. The maximum atomic E-state index is 11.3. The van der Waals surface area contributed by atoms with Gasteiger partial charge in [0.15, 0.2) is 0 Å². The quantitative estimate of drug-likeness (QED) is 0.513. The Labute approximate surface area is 102 Å². The van der Waals surface area contributed by atoms with Crippen LogP contribution in [-0.2, 0) is 20.8 Å². The van der Waals surface area contributed by atoms with Gasteiger partial charge < -0.3 is 20.5 Å². The molecule has 1 amide bonds. The summed E-state index contributed by atoms with van der Waals surface area (Å²) in [6.07, 6.45) is 2.39. The number of rotatable bonds is 7. The Kier molecular flexibility index (Phi) is 4.85. The number of imidazole rings is 1. The number of carboxylic acid groups (broad SMARTS) is 2. The van der Waals surface area contributed by atoms with Crippen molar-refractivity contribution in [3.63, 3.8) is 0 Å². The van der Waals surface area contributed by atoms with Crippen molar-refractivity contribution in [3.8, 4) is 0 Å². The number of carbonyl (C=O) groups excluding carboxylic acids is 1. The lowest BCUT2D eigenvalue weighted by Crippen LogP contribution is -2.42. The van der Waals surface area contributed by atoms with E-state index >= 15 is 0 Å². The van der Waals surface area contributed by atoms with Crippen LogP contribution in [0.3, 0.4) is 0 Å². The van der Waals surface area contributed by atoms with Gasteiger partial charge in [0.1, 0.15) is 6.04 Å². The molecule has 0 aliphatic rings. The van der Waals surface area contributed by atoms with Crippen LogP contribution < -0.4 is 5.32 Å². The molecule has 8 heteroatoms. The second kappa shape index (κ2) is 6.38. The summed E-state index contributed by atoms with van der Waals surface area (Å²) in [6, 6.07) is -1.12. The van der Waals surface area contributed by atoms with Gasteiger partial charge in [0.05, 0.1) is 18.4 Å². The Morgan fingerprint density at radius 3 is 2.56 bits per heavy atom. The van der Waals surface area contributed by atoms with Crippen LogP contribution in [0.15, 0.2) is 12.5 Å². The van der Waals surface area contributed by atoms with Crippen LogP contribution in [0.2, 0.25) is 0 Å². The number of carbonyl (C=O) groups is 3. The normalized spacial score (nSPS) is 11.8. The van der Waals surface area contributed by atoms with Crippen LogP contribution in [0.25, 0.3) is 0 Å². The van der Waals surface area contributed by atoms with Gasteiger partial charge in [-0.15, -0.1) is 0 Å². The predicted octanol–water partition coefficient (Wildman–Crippen LogP) is -0.614. The van der Waals surface area contributed by atoms with Crippen molar-refractivity contribution < 1.29 is 24.6 Å². The van der Waals surface area contributed by atoms with Gasteiger partial charge in [-0.3, -0.25) is 9.59 Å². The number of aromatic amines is 1. The van der Waals surface area contributed by atoms with Crippen LogP contribution in [-0.4, -0.2) is 44.1 Å². The second-order valence-electron chi connectivity index (χ2n) is 3.62. The highest BCUT2D eigenvalue weighted by molar-refractivity contribution is 5.85. The summed E-state index contributed by atoms with van der Waals surface area (Å²) in [4.78, 5) is 39.1. The molecule has 0 aromatic carbocycles. The first-order valence-electron chi connectivity index (χ1n) is 5.20. The van der Waals surface area contributed by atoms with E-state index in [9.17, 15) is 14.4 Å². The van der Waals surface area contributed by atoms with Crippen molar-refractivity contribution in [2.75, 3.05) is 0 Å². The van der Waals surface area contributed by atoms with Gasteiger partial charge in [0.25, 0.3) is 0 Å². The molecule has 4 N–H and O–H groups in total. The maximum Gasteiger partial charge on any atom is 0.326 e. The highest BCUT2D eigenvalue weighted by Crippen LogP contribution is 2.00. The zero-order valence-electron chi connectivity index (χ0n) is 9.42. The molecule has 98 valence electrons. The van der Waals surface area contributed by atoms with E-state index < -0.39 is 23.9 Å². The molecule has 18 heavy (non-hydrogen) atoms. The average molecular weight is 255 g/mol. The van der Waals surface area contributed by atoms with Gasteiger partial charge >= 0.3 is 11.9 Å². The molecule has 1 atom stereocenters. The van der Waals surface area contributed by atoms with E-state index in [1.807, 2.05) is 0 Å². The number of amides is 1. The third-order valence-electron chi connectivity index (χ3n) is 2.17. The molecule has 1 heterocycles. The summed E-state index contributed by atoms with van der Waals surface area (Å²) in [7, 11) is 0. The number of H-pyrrole nitrogens is 1. The zero-order valence-corrected chi connectivity index (χ0v) is 9.42. The van der Waals surface area contributed by atoms with Crippen molar-refractivity contribution in [1.82, 2.24) is 15.3 Å². The van der Waals surface area contributed by atoms with Crippen molar-refractivity contribution in [2.45, 2.75) is 25.3 Å². The molecule has 1 aromatic heterocycles. The highest BCUT2D eigenvalue weighted by atomic mass is 16.4. The smallest absolute Gasteiger partial charge is 0.326 e. The number of nitrogens with one attached hydrogen (secondary N) is 2. The first kappa shape index (κ1) is 13.7. The summed E-state index contributed by atoms with van der Waals surface area (Å²) in [5, 5.41) is 19.6. The molecule has 0 fully saturated rings. The fourth-order valence-electron chi connectivity index (χ4n) is 1.30. The lowest BCUT2D eigenvalue weighted by Gasteiger charge is -2.12. The van der Waals surface area contributed by atoms with Crippen LogP contribution in [0.1, 0.15) is 18.5 Å². The topological polar surface area (TPSA) is 132 Å². The molecule has 1 aromatic rings. The molecule has 0 saturated carbocycles. The van der Waals surface area contributed by atoms with Gasteiger partial charge in [0, 0.05) is 19.0 Å². The van der Waals surface area contributed by atoms with Gasteiger partial charge in [0.2, 0.25) is 5.91 Å². The van der Waals surface area contributed by atoms with Crippen LogP contribution in [0.4, 0.5) is 0 Å². The van der Waals surface area contributed by atoms with Gasteiger partial charge in [-0.2, -0.15) is 0 Å². The Balaban J connectivity index is 2.50. The van der Waals surface area contributed by atoms with E-state index in [1.165, 1.54) is 12.5 Å². The minimum Gasteiger partial charge on any atom is -0.481 e. The van der Waals surface area contributed by atoms with E-state index in [-0.39, 0.29) is 19.3 Å². The molecule has 0 aliphatic heterocycles. The van der Waals surface area contributed by atoms with Crippen LogP contribution in [0.5, 0.6) is 0 Å². The average Bonchev–Trinajstić information content (AvgIpc) is 2.78. The summed E-state index contributed by atoms with van der Waals surface area (Å²) >= 11 is 0. The second-order valence-corrected chi connectivity index (χ2v) is 3.62. The lowest BCUT2D eigenvalue weighted by molar-refractivity contribution is -0.142. The molecule has 0 saturated heterocycles.